The molecule has 3 heterocycles. The molecule has 2 saturated heterocycles. The molecule has 17 heteroatoms. The van der Waals surface area contributed by atoms with Crippen molar-refractivity contribution < 1.29 is 79.2 Å². The third kappa shape index (κ3) is 5.98. The van der Waals surface area contributed by atoms with Crippen LogP contribution in [0.3, 0.4) is 0 Å². The molecule has 0 spiro atoms. The van der Waals surface area contributed by atoms with E-state index in [0.29, 0.717) is 0 Å². The van der Waals surface area contributed by atoms with Crippen LogP contribution in [0.5, 0.6) is 28.7 Å². The molecule has 2 aliphatic rings. The van der Waals surface area contributed by atoms with Crippen LogP contribution < -0.4 is 14.9 Å². The SMILES string of the molecule is COc1cc(-c2oc3cc(O)cc(O)c3c(=O)c2O[C@@H]2OC(CO)[C@@H](O[C@@H]3OC(CO)[C@H](O)C(O)C3O)C(O)C2O)ccc1O. The predicted molar refractivity (Wildman–Crippen MR) is 146 cm³/mol. The number of fused-ring (bicyclic) bond motifs is 1. The first-order valence-corrected chi connectivity index (χ1v) is 13.5. The van der Waals surface area contributed by atoms with Gasteiger partial charge in [-0.25, -0.2) is 0 Å². The fraction of sp³-hybridized carbons (Fsp3) is 0.464. The highest BCUT2D eigenvalue weighted by molar-refractivity contribution is 5.88. The van der Waals surface area contributed by atoms with Crippen LogP contribution in [-0.4, -0.2) is 133 Å². The topological polar surface area (TPSA) is 279 Å². The maximum atomic E-state index is 13.7. The molecule has 246 valence electrons. The van der Waals surface area contributed by atoms with Crippen molar-refractivity contribution in [1.29, 1.82) is 0 Å². The number of benzene rings is 2. The zero-order valence-corrected chi connectivity index (χ0v) is 23.4. The first-order valence-electron chi connectivity index (χ1n) is 13.5. The van der Waals surface area contributed by atoms with E-state index in [-0.39, 0.29) is 28.4 Å². The highest BCUT2D eigenvalue weighted by Crippen LogP contribution is 2.40. The lowest BCUT2D eigenvalue weighted by atomic mass is 9.97. The van der Waals surface area contributed by atoms with Crippen molar-refractivity contribution in [2.75, 3.05) is 20.3 Å². The van der Waals surface area contributed by atoms with Crippen LogP contribution in [-0.2, 0) is 14.2 Å². The molecule has 0 amide bonds. The molecular formula is C28H32O17. The molecule has 1 aromatic heterocycles. The fourth-order valence-corrected chi connectivity index (χ4v) is 5.15. The molecule has 3 aromatic rings. The standard InChI is InChI=1S/C28H32O17/c1-40-13-4-9(2-3-11(13)32)24-26(19(35)17-12(33)5-10(31)6-14(17)41-24)45-28-23(39)21(37)25(16(8-30)43-28)44-27-22(38)20(36)18(34)15(7-29)42-27/h2-6,15-16,18,20-23,25,27-34,36-39H,7-8H2,1H3/t15?,16?,18-,20?,21?,22?,23?,25+,27-,28-/m0/s1. The second kappa shape index (κ2) is 12.9. The molecule has 10 atom stereocenters. The van der Waals surface area contributed by atoms with Gasteiger partial charge in [0.05, 0.1) is 20.3 Å². The van der Waals surface area contributed by atoms with Crippen LogP contribution in [0.4, 0.5) is 0 Å². The number of aliphatic hydroxyl groups is 7. The summed E-state index contributed by atoms with van der Waals surface area (Å²) in [6.45, 7) is -1.64. The van der Waals surface area contributed by atoms with Gasteiger partial charge in [-0.1, -0.05) is 0 Å². The highest BCUT2D eigenvalue weighted by Gasteiger charge is 2.51. The minimum atomic E-state index is -2.02. The van der Waals surface area contributed by atoms with Gasteiger partial charge in [0.2, 0.25) is 17.5 Å². The number of rotatable bonds is 8. The van der Waals surface area contributed by atoms with E-state index in [2.05, 4.69) is 0 Å². The highest BCUT2D eigenvalue weighted by atomic mass is 16.7. The molecule has 2 fully saturated rings. The molecule has 6 unspecified atom stereocenters. The number of aliphatic hydroxyl groups excluding tert-OH is 7. The van der Waals surface area contributed by atoms with Gasteiger partial charge in [0, 0.05) is 17.7 Å². The van der Waals surface area contributed by atoms with Gasteiger partial charge in [0.25, 0.3) is 0 Å². The molecule has 0 bridgehead atoms. The largest absolute Gasteiger partial charge is 0.508 e. The van der Waals surface area contributed by atoms with Crippen molar-refractivity contribution in [2.45, 2.75) is 61.4 Å². The summed E-state index contributed by atoms with van der Waals surface area (Å²) in [5.41, 5.74) is -1.17. The van der Waals surface area contributed by atoms with E-state index >= 15 is 0 Å². The lowest BCUT2D eigenvalue weighted by Gasteiger charge is -2.45. The molecule has 0 aliphatic carbocycles. The third-order valence-electron chi connectivity index (χ3n) is 7.55. The first-order chi connectivity index (χ1) is 21.4. The van der Waals surface area contributed by atoms with E-state index in [4.69, 9.17) is 28.1 Å². The van der Waals surface area contributed by atoms with Gasteiger partial charge >= 0.3 is 0 Å². The van der Waals surface area contributed by atoms with E-state index < -0.39 is 103 Å². The minimum Gasteiger partial charge on any atom is -0.508 e. The zero-order chi connectivity index (χ0) is 32.7. The van der Waals surface area contributed by atoms with E-state index in [9.17, 15) is 55.9 Å². The van der Waals surface area contributed by atoms with Crippen LogP contribution in [0.15, 0.2) is 39.5 Å². The molecule has 5 rings (SSSR count). The first kappa shape index (κ1) is 32.6. The smallest absolute Gasteiger partial charge is 0.239 e. The molecule has 17 nitrogen and oxygen atoms in total. The summed E-state index contributed by atoms with van der Waals surface area (Å²) in [4.78, 5) is 13.7. The van der Waals surface area contributed by atoms with E-state index in [0.717, 1.165) is 12.1 Å². The van der Waals surface area contributed by atoms with E-state index in [1.807, 2.05) is 0 Å². The van der Waals surface area contributed by atoms with Gasteiger partial charge in [-0.05, 0) is 18.2 Å². The van der Waals surface area contributed by atoms with Gasteiger partial charge < -0.3 is 79.2 Å². The van der Waals surface area contributed by atoms with Gasteiger partial charge in [0.15, 0.2) is 23.5 Å². The second-order valence-corrected chi connectivity index (χ2v) is 10.4. The van der Waals surface area contributed by atoms with Crippen molar-refractivity contribution in [3.05, 3.63) is 40.6 Å². The summed E-state index contributed by atoms with van der Waals surface area (Å²) in [5, 5.41) is 102. The maximum Gasteiger partial charge on any atom is 0.239 e. The normalized spacial score (nSPS) is 32.0. The summed E-state index contributed by atoms with van der Waals surface area (Å²) in [5.74, 6) is -2.38. The Balaban J connectivity index is 1.50. The average molecular weight is 641 g/mol. The van der Waals surface area contributed by atoms with Crippen LogP contribution in [0, 0.1) is 0 Å². The summed E-state index contributed by atoms with van der Waals surface area (Å²) < 4.78 is 33.1. The minimum absolute atomic E-state index is 0.0298. The van der Waals surface area contributed by atoms with Crippen LogP contribution in [0.1, 0.15) is 0 Å². The van der Waals surface area contributed by atoms with Crippen molar-refractivity contribution in [3.63, 3.8) is 0 Å². The number of hydrogen-bond donors (Lipinski definition) is 10. The quantitative estimate of drug-likeness (QED) is 0.123. The number of aromatic hydroxyl groups is 3. The van der Waals surface area contributed by atoms with Crippen LogP contribution >= 0.6 is 0 Å². The van der Waals surface area contributed by atoms with Gasteiger partial charge in [0.1, 0.15) is 71.3 Å². The summed E-state index contributed by atoms with van der Waals surface area (Å²) >= 11 is 0. The van der Waals surface area contributed by atoms with E-state index in [1.165, 1.54) is 25.3 Å². The Morgan fingerprint density at radius 2 is 1.44 bits per heavy atom. The van der Waals surface area contributed by atoms with Crippen LogP contribution in [0.2, 0.25) is 0 Å². The molecule has 2 aliphatic heterocycles. The van der Waals surface area contributed by atoms with Gasteiger partial charge in [-0.2, -0.15) is 0 Å². The Labute approximate surface area is 252 Å². The molecule has 0 radical (unpaired) electrons. The Morgan fingerprint density at radius 3 is 2.11 bits per heavy atom. The number of phenols is 3. The summed E-state index contributed by atoms with van der Waals surface area (Å²) in [6.07, 6.45) is -17.5. The van der Waals surface area contributed by atoms with Crippen molar-refractivity contribution in [1.82, 2.24) is 0 Å². The number of methoxy groups -OCH3 is 1. The lowest BCUT2D eigenvalue weighted by Crippen LogP contribution is -2.65. The maximum absolute atomic E-state index is 13.7. The third-order valence-corrected chi connectivity index (χ3v) is 7.55. The second-order valence-electron chi connectivity index (χ2n) is 10.4. The lowest BCUT2D eigenvalue weighted by molar-refractivity contribution is -0.352. The van der Waals surface area contributed by atoms with Crippen molar-refractivity contribution in [2.24, 2.45) is 0 Å². The zero-order valence-electron chi connectivity index (χ0n) is 23.4. The molecule has 2 aromatic carbocycles. The predicted octanol–water partition coefficient (Wildman–Crippen LogP) is -2.41. The molecule has 0 saturated carbocycles. The number of ether oxygens (including phenoxy) is 5. The number of phenolic OH excluding ortho intramolecular Hbond substituents is 3. The Kier molecular flexibility index (Phi) is 9.38. The Hall–Kier alpha value is -3.75. The van der Waals surface area contributed by atoms with Crippen molar-refractivity contribution in [3.8, 4) is 40.1 Å². The molecular weight excluding hydrogens is 608 g/mol. The Morgan fingerprint density at radius 1 is 0.778 bits per heavy atom. The Bertz CT molecular complexity index is 1570. The monoisotopic (exact) mass is 640 g/mol. The van der Waals surface area contributed by atoms with Gasteiger partial charge in [-0.3, -0.25) is 4.79 Å². The number of hydrogen-bond acceptors (Lipinski definition) is 17. The fourth-order valence-electron chi connectivity index (χ4n) is 5.15. The summed E-state index contributed by atoms with van der Waals surface area (Å²) in [7, 11) is 1.27. The molecule has 10 N–H and O–H groups in total. The van der Waals surface area contributed by atoms with Crippen LogP contribution in [0.25, 0.3) is 22.3 Å². The molecule has 45 heavy (non-hydrogen) atoms. The average Bonchev–Trinajstić information content (AvgIpc) is 3.01. The van der Waals surface area contributed by atoms with Crippen molar-refractivity contribution >= 4 is 11.0 Å². The summed E-state index contributed by atoms with van der Waals surface area (Å²) in [6, 6.07) is 5.76. The van der Waals surface area contributed by atoms with Gasteiger partial charge in [-0.15, -0.1) is 0 Å². The van der Waals surface area contributed by atoms with E-state index in [1.54, 1.807) is 0 Å².